The SMILES string of the molecule is COCCN(CCOC)C(=O)c1cc(Cl)cc(Br)c1. The van der Waals surface area contributed by atoms with Crippen LogP contribution in [-0.2, 0) is 9.47 Å². The zero-order chi connectivity index (χ0) is 14.3. The molecular weight excluding hydrogens is 334 g/mol. The van der Waals surface area contributed by atoms with Crippen molar-refractivity contribution in [1.82, 2.24) is 4.90 Å². The number of carbonyl (C=O) groups excluding carboxylic acids is 1. The predicted molar refractivity (Wildman–Crippen MR) is 78.8 cm³/mol. The van der Waals surface area contributed by atoms with Crippen LogP contribution >= 0.6 is 27.5 Å². The lowest BCUT2D eigenvalue weighted by Crippen LogP contribution is -2.36. The van der Waals surface area contributed by atoms with E-state index < -0.39 is 0 Å². The van der Waals surface area contributed by atoms with E-state index in [2.05, 4.69) is 15.9 Å². The van der Waals surface area contributed by atoms with Crippen LogP contribution in [0.5, 0.6) is 0 Å². The van der Waals surface area contributed by atoms with Gasteiger partial charge in [-0.05, 0) is 18.2 Å². The quantitative estimate of drug-likeness (QED) is 0.759. The number of halogens is 2. The molecule has 0 aliphatic heterocycles. The van der Waals surface area contributed by atoms with E-state index in [0.717, 1.165) is 4.47 Å². The highest BCUT2D eigenvalue weighted by molar-refractivity contribution is 9.10. The van der Waals surface area contributed by atoms with Crippen molar-refractivity contribution < 1.29 is 14.3 Å². The number of amides is 1. The van der Waals surface area contributed by atoms with Gasteiger partial charge in [0.05, 0.1) is 13.2 Å². The lowest BCUT2D eigenvalue weighted by Gasteiger charge is -2.22. The second kappa shape index (κ2) is 8.53. The summed E-state index contributed by atoms with van der Waals surface area (Å²) in [4.78, 5) is 14.1. The number of nitrogens with zero attached hydrogens (tertiary/aromatic N) is 1. The van der Waals surface area contributed by atoms with Gasteiger partial charge in [-0.3, -0.25) is 4.79 Å². The van der Waals surface area contributed by atoms with Crippen LogP contribution in [0.1, 0.15) is 10.4 Å². The summed E-state index contributed by atoms with van der Waals surface area (Å²) < 4.78 is 10.8. The molecule has 19 heavy (non-hydrogen) atoms. The summed E-state index contributed by atoms with van der Waals surface area (Å²) in [6, 6.07) is 5.15. The molecule has 4 nitrogen and oxygen atoms in total. The Morgan fingerprint density at radius 1 is 1.21 bits per heavy atom. The molecule has 1 aromatic rings. The molecule has 0 N–H and O–H groups in total. The molecule has 0 aliphatic carbocycles. The Kier molecular flexibility index (Phi) is 7.38. The normalized spacial score (nSPS) is 10.5. The van der Waals surface area contributed by atoms with Crippen molar-refractivity contribution in [2.75, 3.05) is 40.5 Å². The van der Waals surface area contributed by atoms with Crippen molar-refractivity contribution in [2.45, 2.75) is 0 Å². The molecule has 0 unspecified atom stereocenters. The number of benzene rings is 1. The lowest BCUT2D eigenvalue weighted by molar-refractivity contribution is 0.0627. The number of methoxy groups -OCH3 is 2. The average Bonchev–Trinajstić information content (AvgIpc) is 2.37. The molecule has 1 rings (SSSR count). The Balaban J connectivity index is 2.84. The van der Waals surface area contributed by atoms with Crippen LogP contribution in [0.25, 0.3) is 0 Å². The molecule has 0 heterocycles. The van der Waals surface area contributed by atoms with Crippen LogP contribution in [0.2, 0.25) is 5.02 Å². The molecule has 0 bridgehead atoms. The molecule has 1 amide bonds. The Bertz CT molecular complexity index is 400. The fraction of sp³-hybridized carbons (Fsp3) is 0.462. The number of ether oxygens (including phenoxy) is 2. The number of rotatable bonds is 7. The van der Waals surface area contributed by atoms with Gasteiger partial charge in [0.15, 0.2) is 0 Å². The molecule has 0 aromatic heterocycles. The summed E-state index contributed by atoms with van der Waals surface area (Å²) in [5, 5.41) is 0.524. The van der Waals surface area contributed by atoms with Gasteiger partial charge in [0.1, 0.15) is 0 Å². The third-order valence-corrected chi connectivity index (χ3v) is 3.20. The first-order valence-corrected chi connectivity index (χ1v) is 6.99. The Morgan fingerprint density at radius 3 is 2.26 bits per heavy atom. The maximum absolute atomic E-state index is 12.4. The van der Waals surface area contributed by atoms with Gasteiger partial charge in [-0.25, -0.2) is 0 Å². The third kappa shape index (κ3) is 5.48. The molecule has 0 fully saturated rings. The fourth-order valence-corrected chi connectivity index (χ4v) is 2.44. The van der Waals surface area contributed by atoms with Crippen molar-refractivity contribution >= 4 is 33.4 Å². The molecule has 0 radical (unpaired) electrons. The summed E-state index contributed by atoms with van der Waals surface area (Å²) in [6.45, 7) is 2.00. The van der Waals surface area contributed by atoms with Crippen molar-refractivity contribution in [1.29, 1.82) is 0 Å². The standard InChI is InChI=1S/C13H17BrClNO3/c1-18-5-3-16(4-6-19-2)13(17)10-7-11(14)9-12(15)8-10/h7-9H,3-6H2,1-2H3. The molecule has 0 atom stereocenters. The third-order valence-electron chi connectivity index (χ3n) is 2.53. The molecular formula is C13H17BrClNO3. The zero-order valence-corrected chi connectivity index (χ0v) is 13.3. The van der Waals surface area contributed by atoms with Crippen LogP contribution in [0.3, 0.4) is 0 Å². The van der Waals surface area contributed by atoms with Crippen LogP contribution in [-0.4, -0.2) is 51.3 Å². The van der Waals surface area contributed by atoms with Gasteiger partial charge >= 0.3 is 0 Å². The number of hydrogen-bond acceptors (Lipinski definition) is 3. The first-order chi connectivity index (χ1) is 9.08. The fourth-order valence-electron chi connectivity index (χ4n) is 1.58. The largest absolute Gasteiger partial charge is 0.383 e. The smallest absolute Gasteiger partial charge is 0.254 e. The minimum absolute atomic E-state index is 0.0858. The highest BCUT2D eigenvalue weighted by Gasteiger charge is 2.16. The maximum atomic E-state index is 12.4. The molecule has 106 valence electrons. The first kappa shape index (κ1) is 16.4. The minimum atomic E-state index is -0.0858. The van der Waals surface area contributed by atoms with E-state index in [1.54, 1.807) is 37.3 Å². The van der Waals surface area contributed by atoms with Crippen molar-refractivity contribution in [3.8, 4) is 0 Å². The van der Waals surface area contributed by atoms with Gasteiger partial charge in [0.2, 0.25) is 0 Å². The zero-order valence-electron chi connectivity index (χ0n) is 11.0. The van der Waals surface area contributed by atoms with Gasteiger partial charge in [0, 0.05) is 42.4 Å². The van der Waals surface area contributed by atoms with E-state index in [1.807, 2.05) is 0 Å². The van der Waals surface area contributed by atoms with Gasteiger partial charge in [-0.2, -0.15) is 0 Å². The van der Waals surface area contributed by atoms with Crippen LogP contribution in [0.4, 0.5) is 0 Å². The van der Waals surface area contributed by atoms with Gasteiger partial charge in [-0.15, -0.1) is 0 Å². The predicted octanol–water partition coefficient (Wildman–Crippen LogP) is 2.84. The topological polar surface area (TPSA) is 38.8 Å². The molecule has 1 aromatic carbocycles. The molecule has 6 heteroatoms. The van der Waals surface area contributed by atoms with E-state index in [-0.39, 0.29) is 5.91 Å². The van der Waals surface area contributed by atoms with Crippen molar-refractivity contribution in [2.24, 2.45) is 0 Å². The van der Waals surface area contributed by atoms with Crippen LogP contribution in [0.15, 0.2) is 22.7 Å². The summed E-state index contributed by atoms with van der Waals surface area (Å²) in [7, 11) is 3.21. The van der Waals surface area contributed by atoms with Crippen molar-refractivity contribution in [3.63, 3.8) is 0 Å². The van der Waals surface area contributed by atoms with Gasteiger partial charge < -0.3 is 14.4 Å². The van der Waals surface area contributed by atoms with Crippen LogP contribution in [0, 0.1) is 0 Å². The second-order valence-electron chi connectivity index (χ2n) is 3.94. The minimum Gasteiger partial charge on any atom is -0.383 e. The van der Waals surface area contributed by atoms with E-state index in [4.69, 9.17) is 21.1 Å². The van der Waals surface area contributed by atoms with E-state index in [0.29, 0.717) is 36.9 Å². The molecule has 0 saturated heterocycles. The molecule has 0 saturated carbocycles. The Morgan fingerprint density at radius 2 is 1.79 bits per heavy atom. The number of hydrogen-bond donors (Lipinski definition) is 0. The highest BCUT2D eigenvalue weighted by Crippen LogP contribution is 2.20. The molecule has 0 spiro atoms. The monoisotopic (exact) mass is 349 g/mol. The van der Waals surface area contributed by atoms with E-state index in [1.165, 1.54) is 0 Å². The maximum Gasteiger partial charge on any atom is 0.254 e. The number of carbonyl (C=O) groups is 1. The first-order valence-electron chi connectivity index (χ1n) is 5.81. The lowest BCUT2D eigenvalue weighted by atomic mass is 10.2. The summed E-state index contributed by atoms with van der Waals surface area (Å²) in [6.07, 6.45) is 0. The van der Waals surface area contributed by atoms with Crippen molar-refractivity contribution in [3.05, 3.63) is 33.3 Å². The second-order valence-corrected chi connectivity index (χ2v) is 5.29. The summed E-state index contributed by atoms with van der Waals surface area (Å²) in [5.41, 5.74) is 0.548. The highest BCUT2D eigenvalue weighted by atomic mass is 79.9. The summed E-state index contributed by atoms with van der Waals surface area (Å²) in [5.74, 6) is -0.0858. The Hall–Kier alpha value is -0.620. The van der Waals surface area contributed by atoms with Gasteiger partial charge in [-0.1, -0.05) is 27.5 Å². The van der Waals surface area contributed by atoms with Crippen LogP contribution < -0.4 is 0 Å². The van der Waals surface area contributed by atoms with E-state index >= 15 is 0 Å². The van der Waals surface area contributed by atoms with E-state index in [9.17, 15) is 4.79 Å². The molecule has 0 aliphatic rings. The average molecular weight is 351 g/mol. The van der Waals surface area contributed by atoms with Gasteiger partial charge in [0.25, 0.3) is 5.91 Å². The summed E-state index contributed by atoms with van der Waals surface area (Å²) >= 11 is 9.29. The Labute approximate surface area is 126 Å².